The first kappa shape index (κ1) is 15.5. The van der Waals surface area contributed by atoms with Crippen LogP contribution in [0.3, 0.4) is 0 Å². The smallest absolute Gasteiger partial charge is 0.150 e. The average Bonchev–Trinajstić information content (AvgIpc) is 3.09. The minimum absolute atomic E-state index is 0.0213. The molecule has 1 fully saturated rings. The quantitative estimate of drug-likeness (QED) is 0.592. The van der Waals surface area contributed by atoms with Gasteiger partial charge in [-0.15, -0.1) is 0 Å². The number of hydrogen-bond acceptors (Lipinski definition) is 3. The molecule has 122 valence electrons. The topological polar surface area (TPSA) is 39.9 Å². The third-order valence-corrected chi connectivity index (χ3v) is 4.65. The number of aromatic nitrogens is 3. The summed E-state index contributed by atoms with van der Waals surface area (Å²) in [5.74, 6) is 0. The lowest BCUT2D eigenvalue weighted by molar-refractivity contribution is -0.0382. The lowest BCUT2D eigenvalue weighted by Gasteiger charge is -2.24. The van der Waals surface area contributed by atoms with Crippen molar-refractivity contribution in [3.63, 3.8) is 0 Å². The molecule has 5 heteroatoms. The van der Waals surface area contributed by atoms with Gasteiger partial charge in [0, 0.05) is 12.2 Å². The summed E-state index contributed by atoms with van der Waals surface area (Å²) < 4.78 is 8.78. The molecule has 1 atom stereocenters. The number of ether oxygens (including phenoxy) is 1. The van der Waals surface area contributed by atoms with Crippen molar-refractivity contribution in [1.29, 1.82) is 0 Å². The van der Waals surface area contributed by atoms with Crippen molar-refractivity contribution in [2.24, 2.45) is 0 Å². The molecule has 3 heterocycles. The third-order valence-electron chi connectivity index (χ3n) is 4.21. The zero-order valence-corrected chi connectivity index (χ0v) is 14.8. The highest BCUT2D eigenvalue weighted by Gasteiger charge is 2.22. The summed E-state index contributed by atoms with van der Waals surface area (Å²) in [6.45, 7) is 0.788. The summed E-state index contributed by atoms with van der Waals surface area (Å²) in [4.78, 5) is 4.61. The highest BCUT2D eigenvalue weighted by molar-refractivity contribution is 9.10. The van der Waals surface area contributed by atoms with Crippen molar-refractivity contribution in [3.05, 3.63) is 59.2 Å². The summed E-state index contributed by atoms with van der Waals surface area (Å²) in [6.07, 6.45) is 3.24. The number of rotatable bonds is 3. The Bertz CT molecular complexity index is 826. The summed E-state index contributed by atoms with van der Waals surface area (Å²) >= 11 is 3.46. The lowest BCUT2D eigenvalue weighted by atomic mass is 10.1. The largest absolute Gasteiger partial charge is 0.356 e. The van der Waals surface area contributed by atoms with Gasteiger partial charge in [0.05, 0.1) is 17.1 Å². The second-order valence-corrected chi connectivity index (χ2v) is 6.70. The molecule has 0 spiro atoms. The van der Waals surface area contributed by atoms with Crippen LogP contribution in [0.2, 0.25) is 0 Å². The van der Waals surface area contributed by atoms with E-state index < -0.39 is 0 Å². The average molecular weight is 384 g/mol. The molecule has 24 heavy (non-hydrogen) atoms. The first-order valence-corrected chi connectivity index (χ1v) is 9.00. The van der Waals surface area contributed by atoms with Crippen molar-refractivity contribution in [2.75, 3.05) is 6.61 Å². The molecule has 1 unspecified atom stereocenters. The molecule has 4 nitrogen and oxygen atoms in total. The molecule has 0 bridgehead atoms. The van der Waals surface area contributed by atoms with E-state index in [-0.39, 0.29) is 6.23 Å². The maximum atomic E-state index is 5.97. The molecule has 3 aromatic rings. The maximum Gasteiger partial charge on any atom is 0.150 e. The van der Waals surface area contributed by atoms with Gasteiger partial charge in [0.1, 0.15) is 4.60 Å². The normalized spacial score (nSPS) is 17.8. The molecule has 0 saturated carbocycles. The van der Waals surface area contributed by atoms with Gasteiger partial charge >= 0.3 is 0 Å². The molecule has 0 N–H and O–H groups in total. The molecule has 1 saturated heterocycles. The molecule has 0 radical (unpaired) electrons. The van der Waals surface area contributed by atoms with E-state index in [1.54, 1.807) is 0 Å². The number of benzene rings is 1. The summed E-state index contributed by atoms with van der Waals surface area (Å²) in [5, 5.41) is 4.85. The van der Waals surface area contributed by atoms with Crippen LogP contribution in [0, 0.1) is 0 Å². The van der Waals surface area contributed by atoms with Crippen LogP contribution < -0.4 is 0 Å². The lowest BCUT2D eigenvalue weighted by Crippen LogP contribution is -2.20. The predicted molar refractivity (Wildman–Crippen MR) is 97.4 cm³/mol. The van der Waals surface area contributed by atoms with E-state index in [2.05, 4.69) is 39.1 Å². The first-order chi connectivity index (χ1) is 11.8. The highest BCUT2D eigenvalue weighted by Crippen LogP contribution is 2.31. The van der Waals surface area contributed by atoms with Gasteiger partial charge in [0.25, 0.3) is 0 Å². The monoisotopic (exact) mass is 383 g/mol. The molecule has 1 aliphatic heterocycles. The Kier molecular flexibility index (Phi) is 4.45. The summed E-state index contributed by atoms with van der Waals surface area (Å²) in [7, 11) is 0. The predicted octanol–water partition coefficient (Wildman–Crippen LogP) is 5.07. The molecule has 1 aromatic carbocycles. The second kappa shape index (κ2) is 6.87. The van der Waals surface area contributed by atoms with Crippen LogP contribution >= 0.6 is 15.9 Å². The Morgan fingerprint density at radius 2 is 1.88 bits per heavy atom. The van der Waals surface area contributed by atoms with E-state index in [0.29, 0.717) is 0 Å². The van der Waals surface area contributed by atoms with Gasteiger partial charge in [0.15, 0.2) is 6.23 Å². The van der Waals surface area contributed by atoms with E-state index in [4.69, 9.17) is 9.84 Å². The zero-order chi connectivity index (χ0) is 16.4. The zero-order valence-electron chi connectivity index (χ0n) is 13.2. The van der Waals surface area contributed by atoms with Gasteiger partial charge in [-0.2, -0.15) is 5.10 Å². The third kappa shape index (κ3) is 3.14. The van der Waals surface area contributed by atoms with Crippen LogP contribution in [0.15, 0.2) is 59.2 Å². The standard InChI is InChI=1S/C19H18BrN3O/c20-18-10-6-9-15(21-18)17-13-16(14-7-2-1-3-8-14)22-23(17)19-11-4-5-12-24-19/h1-3,6-10,13,19H,4-5,11-12H2. The molecule has 4 rings (SSSR count). The van der Waals surface area contributed by atoms with E-state index >= 15 is 0 Å². The van der Waals surface area contributed by atoms with Crippen LogP contribution in [0.4, 0.5) is 0 Å². The highest BCUT2D eigenvalue weighted by atomic mass is 79.9. The summed E-state index contributed by atoms with van der Waals surface area (Å²) in [6, 6.07) is 18.3. The Balaban J connectivity index is 1.82. The fourth-order valence-corrected chi connectivity index (χ4v) is 3.37. The SMILES string of the molecule is Brc1cccc(-c2cc(-c3ccccc3)nn2C2CCCCO2)n1. The van der Waals surface area contributed by atoms with E-state index in [9.17, 15) is 0 Å². The van der Waals surface area contributed by atoms with Gasteiger partial charge < -0.3 is 4.74 Å². The Labute approximate surface area is 149 Å². The van der Waals surface area contributed by atoms with Crippen molar-refractivity contribution >= 4 is 15.9 Å². The van der Waals surface area contributed by atoms with E-state index in [0.717, 1.165) is 53.1 Å². The molecular weight excluding hydrogens is 366 g/mol. The Hall–Kier alpha value is -1.98. The molecular formula is C19H18BrN3O. The maximum absolute atomic E-state index is 5.97. The number of nitrogens with zero attached hydrogens (tertiary/aromatic N) is 3. The fraction of sp³-hybridized carbons (Fsp3) is 0.263. The summed E-state index contributed by atoms with van der Waals surface area (Å²) in [5.41, 5.74) is 3.93. The van der Waals surface area contributed by atoms with Crippen LogP contribution in [-0.4, -0.2) is 21.4 Å². The van der Waals surface area contributed by atoms with Crippen molar-refractivity contribution in [3.8, 4) is 22.6 Å². The van der Waals surface area contributed by atoms with Crippen molar-refractivity contribution in [2.45, 2.75) is 25.5 Å². The van der Waals surface area contributed by atoms with Crippen molar-refractivity contribution in [1.82, 2.24) is 14.8 Å². The Morgan fingerprint density at radius 3 is 2.62 bits per heavy atom. The van der Waals surface area contributed by atoms with Gasteiger partial charge in [0.2, 0.25) is 0 Å². The van der Waals surface area contributed by atoms with Gasteiger partial charge in [-0.3, -0.25) is 0 Å². The number of pyridine rings is 1. The van der Waals surface area contributed by atoms with Gasteiger partial charge in [-0.1, -0.05) is 36.4 Å². The van der Waals surface area contributed by atoms with Crippen LogP contribution in [0.25, 0.3) is 22.6 Å². The minimum Gasteiger partial charge on any atom is -0.356 e. The van der Waals surface area contributed by atoms with Gasteiger partial charge in [-0.05, 0) is 53.4 Å². The number of halogens is 1. The molecule has 1 aliphatic rings. The minimum atomic E-state index is -0.0213. The van der Waals surface area contributed by atoms with Crippen LogP contribution in [0.5, 0.6) is 0 Å². The van der Waals surface area contributed by atoms with Crippen LogP contribution in [-0.2, 0) is 4.74 Å². The van der Waals surface area contributed by atoms with Gasteiger partial charge in [-0.25, -0.2) is 9.67 Å². The van der Waals surface area contributed by atoms with Crippen LogP contribution in [0.1, 0.15) is 25.5 Å². The van der Waals surface area contributed by atoms with Crippen molar-refractivity contribution < 1.29 is 4.74 Å². The molecule has 2 aromatic heterocycles. The fourth-order valence-electron chi connectivity index (χ4n) is 3.02. The molecule has 0 amide bonds. The second-order valence-electron chi connectivity index (χ2n) is 5.89. The van der Waals surface area contributed by atoms with E-state index in [1.807, 2.05) is 41.1 Å². The Morgan fingerprint density at radius 1 is 1.00 bits per heavy atom. The first-order valence-electron chi connectivity index (χ1n) is 8.21. The van der Waals surface area contributed by atoms with E-state index in [1.165, 1.54) is 0 Å². The molecule has 0 aliphatic carbocycles. The number of hydrogen-bond donors (Lipinski definition) is 0.